The molecule has 0 aromatic carbocycles. The molecule has 1 saturated carbocycles. The Bertz CT molecular complexity index is 609. The fraction of sp³-hybridized carbons (Fsp3) is 0.583. The van der Waals surface area contributed by atoms with Gasteiger partial charge in [0, 0.05) is 28.5 Å². The van der Waals surface area contributed by atoms with Crippen LogP contribution in [0.5, 0.6) is 0 Å². The normalized spacial score (nSPS) is 16.4. The van der Waals surface area contributed by atoms with Gasteiger partial charge in [0.15, 0.2) is 0 Å². The molecule has 1 aliphatic rings. The van der Waals surface area contributed by atoms with Gasteiger partial charge in [-0.3, -0.25) is 4.79 Å². The molecule has 1 aromatic rings. The average Bonchev–Trinajstić information content (AvgIpc) is 2.92. The molecule has 2 rings (SSSR count). The summed E-state index contributed by atoms with van der Waals surface area (Å²) in [6.45, 7) is 5.61. The fourth-order valence-electron chi connectivity index (χ4n) is 1.83. The number of aromatic nitrogens is 1. The zero-order chi connectivity index (χ0) is 14.4. The molecule has 1 aliphatic carbocycles. The van der Waals surface area contributed by atoms with Gasteiger partial charge in [-0.2, -0.15) is 0 Å². The summed E-state index contributed by atoms with van der Waals surface area (Å²) in [6, 6.07) is 1.54. The Labute approximate surface area is 117 Å². The fourth-order valence-corrected chi connectivity index (χ4v) is 2.57. The highest BCUT2D eigenvalue weighted by molar-refractivity contribution is 8.13. The second-order valence-corrected chi connectivity index (χ2v) is 8.41. The van der Waals surface area contributed by atoms with Crippen molar-refractivity contribution in [3.8, 4) is 0 Å². The van der Waals surface area contributed by atoms with E-state index in [0.29, 0.717) is 5.69 Å². The molecule has 7 heteroatoms. The number of carbonyl (C=O) groups excluding carboxylic acids is 1. The van der Waals surface area contributed by atoms with Crippen LogP contribution in [-0.2, 0) is 9.05 Å². The Balaban J connectivity index is 2.38. The van der Waals surface area contributed by atoms with Gasteiger partial charge >= 0.3 is 0 Å². The van der Waals surface area contributed by atoms with Crippen molar-refractivity contribution in [3.63, 3.8) is 0 Å². The molecule has 1 fully saturated rings. The van der Waals surface area contributed by atoms with Crippen molar-refractivity contribution in [1.82, 2.24) is 9.88 Å². The van der Waals surface area contributed by atoms with Crippen molar-refractivity contribution in [2.24, 2.45) is 0 Å². The highest BCUT2D eigenvalue weighted by Gasteiger charge is 2.30. The number of carbonyl (C=O) groups is 1. The molecule has 19 heavy (non-hydrogen) atoms. The first-order valence-electron chi connectivity index (χ1n) is 6.07. The van der Waals surface area contributed by atoms with E-state index in [2.05, 4.69) is 5.32 Å². The van der Waals surface area contributed by atoms with E-state index in [1.165, 1.54) is 12.3 Å². The van der Waals surface area contributed by atoms with E-state index in [1.54, 1.807) is 4.57 Å². The first kappa shape index (κ1) is 14.4. The van der Waals surface area contributed by atoms with Crippen LogP contribution in [-0.4, -0.2) is 24.4 Å². The van der Waals surface area contributed by atoms with Gasteiger partial charge in [0.1, 0.15) is 10.6 Å². The molecule has 1 aromatic heterocycles. The topological polar surface area (TPSA) is 68.2 Å². The Morgan fingerprint density at radius 1 is 1.42 bits per heavy atom. The van der Waals surface area contributed by atoms with Crippen LogP contribution in [0.3, 0.4) is 0 Å². The van der Waals surface area contributed by atoms with Crippen molar-refractivity contribution < 1.29 is 13.2 Å². The zero-order valence-corrected chi connectivity index (χ0v) is 12.7. The summed E-state index contributed by atoms with van der Waals surface area (Å²) in [6.07, 6.45) is 3.34. The summed E-state index contributed by atoms with van der Waals surface area (Å²) in [5.74, 6) is -0.286. The molecule has 5 nitrogen and oxygen atoms in total. The van der Waals surface area contributed by atoms with Gasteiger partial charge < -0.3 is 9.88 Å². The summed E-state index contributed by atoms with van der Waals surface area (Å²) in [7, 11) is 1.52. The standard InChI is InChI=1S/C12H17ClN2O3S/c1-12(2,3)14-11(16)10-6-9(19(13,17)18)7-15(10)8-4-5-8/h6-8H,4-5H2,1-3H3,(H,14,16). The van der Waals surface area contributed by atoms with E-state index in [9.17, 15) is 13.2 Å². The first-order chi connectivity index (χ1) is 8.58. The number of hydrogen-bond donors (Lipinski definition) is 1. The van der Waals surface area contributed by atoms with Gasteiger partial charge in [0.25, 0.3) is 15.0 Å². The lowest BCUT2D eigenvalue weighted by Crippen LogP contribution is -2.41. The maximum Gasteiger partial charge on any atom is 0.268 e. The highest BCUT2D eigenvalue weighted by Crippen LogP contribution is 2.37. The second-order valence-electron chi connectivity index (χ2n) is 5.84. The number of halogens is 1. The SMILES string of the molecule is CC(C)(C)NC(=O)c1cc(S(=O)(=O)Cl)cn1C1CC1. The third kappa shape index (κ3) is 3.51. The van der Waals surface area contributed by atoms with Crippen LogP contribution in [0.4, 0.5) is 0 Å². The maximum absolute atomic E-state index is 12.2. The predicted octanol–water partition coefficient (Wildman–Crippen LogP) is 2.28. The lowest BCUT2D eigenvalue weighted by atomic mass is 10.1. The predicted molar refractivity (Wildman–Crippen MR) is 73.0 cm³/mol. The van der Waals surface area contributed by atoms with Gasteiger partial charge in [0.2, 0.25) is 0 Å². The van der Waals surface area contributed by atoms with Crippen LogP contribution < -0.4 is 5.32 Å². The van der Waals surface area contributed by atoms with Crippen molar-refractivity contribution >= 4 is 25.6 Å². The van der Waals surface area contributed by atoms with Crippen LogP contribution in [0, 0.1) is 0 Å². The summed E-state index contributed by atoms with van der Waals surface area (Å²) in [4.78, 5) is 12.2. The van der Waals surface area contributed by atoms with E-state index in [-0.39, 0.29) is 22.4 Å². The molecule has 0 saturated heterocycles. The molecule has 0 unspecified atom stereocenters. The third-order valence-corrected chi connectivity index (χ3v) is 4.09. The molecular formula is C12H17ClN2O3S. The minimum Gasteiger partial charge on any atom is -0.346 e. The molecule has 1 heterocycles. The van der Waals surface area contributed by atoms with E-state index in [0.717, 1.165) is 12.8 Å². The molecule has 1 N–H and O–H groups in total. The Hall–Kier alpha value is -1.01. The van der Waals surface area contributed by atoms with E-state index < -0.39 is 9.05 Å². The summed E-state index contributed by atoms with van der Waals surface area (Å²) >= 11 is 0. The number of rotatable bonds is 3. The van der Waals surface area contributed by atoms with Gasteiger partial charge in [0.05, 0.1) is 0 Å². The molecular weight excluding hydrogens is 288 g/mol. The Morgan fingerprint density at radius 2 is 2.00 bits per heavy atom. The molecule has 0 bridgehead atoms. The second kappa shape index (κ2) is 4.52. The van der Waals surface area contributed by atoms with Gasteiger partial charge in [-0.25, -0.2) is 8.42 Å². The minimum atomic E-state index is -3.82. The van der Waals surface area contributed by atoms with E-state index in [1.807, 2.05) is 20.8 Å². The number of nitrogens with zero attached hydrogens (tertiary/aromatic N) is 1. The molecule has 0 atom stereocenters. The van der Waals surface area contributed by atoms with Crippen LogP contribution in [0.2, 0.25) is 0 Å². The monoisotopic (exact) mass is 304 g/mol. The number of amides is 1. The van der Waals surface area contributed by atoms with Crippen LogP contribution in [0.15, 0.2) is 17.2 Å². The maximum atomic E-state index is 12.2. The Kier molecular flexibility index (Phi) is 3.43. The van der Waals surface area contributed by atoms with Crippen molar-refractivity contribution in [2.45, 2.75) is 50.1 Å². The van der Waals surface area contributed by atoms with E-state index >= 15 is 0 Å². The zero-order valence-electron chi connectivity index (χ0n) is 11.1. The summed E-state index contributed by atoms with van der Waals surface area (Å²) in [5, 5.41) is 2.83. The minimum absolute atomic E-state index is 0.0277. The van der Waals surface area contributed by atoms with Crippen molar-refractivity contribution in [3.05, 3.63) is 18.0 Å². The third-order valence-electron chi connectivity index (χ3n) is 2.77. The largest absolute Gasteiger partial charge is 0.346 e. The lowest BCUT2D eigenvalue weighted by molar-refractivity contribution is 0.0910. The summed E-state index contributed by atoms with van der Waals surface area (Å²) in [5.41, 5.74) is -0.0351. The first-order valence-corrected chi connectivity index (χ1v) is 8.38. The van der Waals surface area contributed by atoms with Crippen LogP contribution in [0.25, 0.3) is 0 Å². The van der Waals surface area contributed by atoms with Gasteiger partial charge in [-0.1, -0.05) is 0 Å². The lowest BCUT2D eigenvalue weighted by Gasteiger charge is -2.21. The number of hydrogen-bond acceptors (Lipinski definition) is 3. The van der Waals surface area contributed by atoms with Crippen molar-refractivity contribution in [1.29, 1.82) is 0 Å². The van der Waals surface area contributed by atoms with Crippen molar-refractivity contribution in [2.75, 3.05) is 0 Å². The van der Waals surface area contributed by atoms with Gasteiger partial charge in [-0.15, -0.1) is 0 Å². The number of nitrogens with one attached hydrogen (secondary N) is 1. The molecule has 0 aliphatic heterocycles. The Morgan fingerprint density at radius 3 is 2.42 bits per heavy atom. The smallest absolute Gasteiger partial charge is 0.268 e. The quantitative estimate of drug-likeness (QED) is 0.871. The molecule has 0 radical (unpaired) electrons. The highest BCUT2D eigenvalue weighted by atomic mass is 35.7. The summed E-state index contributed by atoms with van der Waals surface area (Å²) < 4.78 is 24.4. The van der Waals surface area contributed by atoms with Gasteiger partial charge in [-0.05, 0) is 39.7 Å². The average molecular weight is 305 g/mol. The van der Waals surface area contributed by atoms with Crippen LogP contribution in [0.1, 0.15) is 50.1 Å². The molecule has 0 spiro atoms. The molecule has 106 valence electrons. The van der Waals surface area contributed by atoms with Crippen LogP contribution >= 0.6 is 10.7 Å². The molecule has 1 amide bonds. The van der Waals surface area contributed by atoms with E-state index in [4.69, 9.17) is 10.7 Å².